The largest absolute Gasteiger partial charge is 0.508 e. The first-order valence-electron chi connectivity index (χ1n) is 7.34. The van der Waals surface area contributed by atoms with Gasteiger partial charge in [0.05, 0.1) is 0 Å². The summed E-state index contributed by atoms with van der Waals surface area (Å²) in [6.07, 6.45) is 5.12. The van der Waals surface area contributed by atoms with Crippen molar-refractivity contribution in [2.45, 2.75) is 68.7 Å². The van der Waals surface area contributed by atoms with E-state index in [1.807, 2.05) is 6.08 Å². The predicted molar refractivity (Wildman–Crippen MR) is 84.2 cm³/mol. The van der Waals surface area contributed by atoms with Gasteiger partial charge in [-0.05, 0) is 34.3 Å². The third-order valence-corrected chi connectivity index (χ3v) is 4.87. The topological polar surface area (TPSA) is 20.2 Å². The third kappa shape index (κ3) is 2.75. The van der Waals surface area contributed by atoms with E-state index in [1.165, 1.54) is 5.57 Å². The molecule has 0 saturated heterocycles. The monoisotopic (exact) mass is 264 g/mol. The highest BCUT2D eigenvalue weighted by Crippen LogP contribution is 2.59. The molecular weight excluding hydrogens is 232 g/mol. The smallest absolute Gasteiger partial charge is 0.115 e. The molecule has 0 heterocycles. The van der Waals surface area contributed by atoms with Crippen LogP contribution in [0.15, 0.2) is 23.5 Å². The Hall–Kier alpha value is -0.720. The van der Waals surface area contributed by atoms with Crippen LogP contribution >= 0.6 is 0 Å². The van der Waals surface area contributed by atoms with Crippen molar-refractivity contribution in [2.24, 2.45) is 21.7 Å². The fraction of sp³-hybridized carbons (Fsp3) is 0.778. The van der Waals surface area contributed by atoms with Gasteiger partial charge in [-0.3, -0.25) is 0 Å². The van der Waals surface area contributed by atoms with E-state index < -0.39 is 0 Å². The standard InChI is InChI=1S/C18H32O/c1-15(2,3)13-12-18(16(4,5)6,17(7,8)9)11-10-14(13)19/h10-11,19H,12H2,1-9H3. The summed E-state index contributed by atoms with van der Waals surface area (Å²) in [4.78, 5) is 0. The Morgan fingerprint density at radius 1 is 0.895 bits per heavy atom. The van der Waals surface area contributed by atoms with Crippen molar-refractivity contribution in [1.29, 1.82) is 0 Å². The van der Waals surface area contributed by atoms with E-state index in [4.69, 9.17) is 0 Å². The summed E-state index contributed by atoms with van der Waals surface area (Å²) in [6, 6.07) is 0. The van der Waals surface area contributed by atoms with Gasteiger partial charge in [-0.2, -0.15) is 0 Å². The lowest BCUT2D eigenvalue weighted by Crippen LogP contribution is -2.47. The fourth-order valence-corrected chi connectivity index (χ4v) is 3.55. The van der Waals surface area contributed by atoms with Gasteiger partial charge in [0.25, 0.3) is 0 Å². The zero-order valence-corrected chi connectivity index (χ0v) is 14.3. The molecule has 0 amide bonds. The Balaban J connectivity index is 3.42. The van der Waals surface area contributed by atoms with Crippen molar-refractivity contribution >= 4 is 0 Å². The molecule has 0 atom stereocenters. The predicted octanol–water partition coefficient (Wildman–Crippen LogP) is 5.88. The van der Waals surface area contributed by atoms with Crippen LogP contribution in [0.3, 0.4) is 0 Å². The molecule has 0 saturated carbocycles. The van der Waals surface area contributed by atoms with Crippen LogP contribution in [0.25, 0.3) is 0 Å². The van der Waals surface area contributed by atoms with Gasteiger partial charge in [0.1, 0.15) is 5.76 Å². The number of allylic oxidation sites excluding steroid dienone is 3. The quantitative estimate of drug-likeness (QED) is 0.579. The fourth-order valence-electron chi connectivity index (χ4n) is 3.55. The molecule has 0 spiro atoms. The number of hydrogen-bond donors (Lipinski definition) is 1. The zero-order chi connectivity index (χ0) is 15.3. The molecule has 1 rings (SSSR count). The van der Waals surface area contributed by atoms with Gasteiger partial charge in [-0.1, -0.05) is 68.4 Å². The van der Waals surface area contributed by atoms with Crippen LogP contribution in [-0.2, 0) is 0 Å². The van der Waals surface area contributed by atoms with Crippen molar-refractivity contribution in [3.05, 3.63) is 23.5 Å². The normalized spacial score (nSPS) is 20.9. The maximum absolute atomic E-state index is 10.3. The van der Waals surface area contributed by atoms with Gasteiger partial charge in [-0.15, -0.1) is 0 Å². The lowest BCUT2D eigenvalue weighted by atomic mass is 9.49. The molecule has 0 aromatic carbocycles. The maximum atomic E-state index is 10.3. The van der Waals surface area contributed by atoms with Gasteiger partial charge < -0.3 is 5.11 Å². The van der Waals surface area contributed by atoms with Crippen LogP contribution in [-0.4, -0.2) is 5.11 Å². The van der Waals surface area contributed by atoms with Gasteiger partial charge in [0.15, 0.2) is 0 Å². The average molecular weight is 264 g/mol. The van der Waals surface area contributed by atoms with E-state index in [9.17, 15) is 5.11 Å². The molecule has 0 fully saturated rings. The molecule has 1 nitrogen and oxygen atoms in total. The van der Waals surface area contributed by atoms with Crippen LogP contribution in [0.5, 0.6) is 0 Å². The molecule has 1 N–H and O–H groups in total. The van der Waals surface area contributed by atoms with Gasteiger partial charge in [0, 0.05) is 5.41 Å². The Morgan fingerprint density at radius 3 is 1.63 bits per heavy atom. The Kier molecular flexibility index (Phi) is 3.78. The highest BCUT2D eigenvalue weighted by atomic mass is 16.3. The lowest BCUT2D eigenvalue weighted by Gasteiger charge is -2.55. The Labute approximate surface area is 119 Å². The summed E-state index contributed by atoms with van der Waals surface area (Å²) in [5.74, 6) is 0.469. The van der Waals surface area contributed by atoms with Crippen LogP contribution in [0.4, 0.5) is 0 Å². The summed E-state index contributed by atoms with van der Waals surface area (Å²) >= 11 is 0. The molecule has 0 bridgehead atoms. The highest BCUT2D eigenvalue weighted by molar-refractivity contribution is 5.34. The molecule has 0 aromatic heterocycles. The number of aliphatic hydroxyl groups is 1. The van der Waals surface area contributed by atoms with Gasteiger partial charge in [0.2, 0.25) is 0 Å². The molecule has 0 aliphatic heterocycles. The number of rotatable bonds is 0. The van der Waals surface area contributed by atoms with Crippen molar-refractivity contribution in [3.63, 3.8) is 0 Å². The maximum Gasteiger partial charge on any atom is 0.115 e. The summed E-state index contributed by atoms with van der Waals surface area (Å²) in [5, 5.41) is 10.3. The van der Waals surface area contributed by atoms with E-state index in [1.54, 1.807) is 0 Å². The first kappa shape index (κ1) is 16.3. The second kappa shape index (κ2) is 4.40. The minimum Gasteiger partial charge on any atom is -0.508 e. The molecule has 1 aliphatic carbocycles. The highest BCUT2D eigenvalue weighted by Gasteiger charge is 2.51. The second-order valence-corrected chi connectivity index (χ2v) is 9.10. The van der Waals surface area contributed by atoms with E-state index in [-0.39, 0.29) is 21.7 Å². The summed E-state index contributed by atoms with van der Waals surface area (Å²) in [7, 11) is 0. The van der Waals surface area contributed by atoms with E-state index in [0.717, 1.165) is 6.42 Å². The lowest BCUT2D eigenvalue weighted by molar-refractivity contribution is 0.0102. The van der Waals surface area contributed by atoms with Crippen molar-refractivity contribution < 1.29 is 5.11 Å². The van der Waals surface area contributed by atoms with Crippen molar-refractivity contribution in [2.75, 3.05) is 0 Å². The van der Waals surface area contributed by atoms with E-state index in [2.05, 4.69) is 68.4 Å². The van der Waals surface area contributed by atoms with Crippen LogP contribution in [0.1, 0.15) is 68.7 Å². The van der Waals surface area contributed by atoms with Crippen molar-refractivity contribution in [3.8, 4) is 0 Å². The Bertz CT molecular complexity index is 388. The SMILES string of the molecule is CC(C)(C)C1=C(O)C=CC(C(C)(C)C)(C(C)(C)C)C1. The van der Waals surface area contributed by atoms with Crippen LogP contribution in [0.2, 0.25) is 0 Å². The first-order valence-corrected chi connectivity index (χ1v) is 7.34. The first-order chi connectivity index (χ1) is 8.22. The third-order valence-electron chi connectivity index (χ3n) is 4.87. The van der Waals surface area contributed by atoms with E-state index >= 15 is 0 Å². The molecule has 1 aliphatic rings. The number of hydrogen-bond acceptors (Lipinski definition) is 1. The zero-order valence-electron chi connectivity index (χ0n) is 14.3. The van der Waals surface area contributed by atoms with Gasteiger partial charge in [-0.25, -0.2) is 0 Å². The molecular formula is C18H32O. The number of aliphatic hydroxyl groups excluding tert-OH is 1. The minimum absolute atomic E-state index is 0.0105. The minimum atomic E-state index is 0.0105. The molecule has 1 heteroatoms. The average Bonchev–Trinajstić information content (AvgIpc) is 2.12. The molecule has 19 heavy (non-hydrogen) atoms. The van der Waals surface area contributed by atoms with E-state index in [0.29, 0.717) is 5.76 Å². The van der Waals surface area contributed by atoms with Crippen molar-refractivity contribution in [1.82, 2.24) is 0 Å². The second-order valence-electron chi connectivity index (χ2n) is 9.10. The van der Waals surface area contributed by atoms with Crippen LogP contribution in [0, 0.1) is 21.7 Å². The molecule has 0 aromatic rings. The summed E-state index contributed by atoms with van der Waals surface area (Å²) in [6.45, 7) is 20.4. The summed E-state index contributed by atoms with van der Waals surface area (Å²) in [5.41, 5.74) is 1.56. The summed E-state index contributed by atoms with van der Waals surface area (Å²) < 4.78 is 0. The Morgan fingerprint density at radius 2 is 1.32 bits per heavy atom. The van der Waals surface area contributed by atoms with Crippen LogP contribution < -0.4 is 0 Å². The molecule has 0 unspecified atom stereocenters. The van der Waals surface area contributed by atoms with Gasteiger partial charge >= 0.3 is 0 Å². The molecule has 110 valence electrons. The molecule has 0 radical (unpaired) electrons.